The van der Waals surface area contributed by atoms with Crippen molar-refractivity contribution in [2.75, 3.05) is 47.8 Å². The zero-order valence-corrected chi connectivity index (χ0v) is 19.9. The van der Waals surface area contributed by atoms with Crippen LogP contribution in [0.3, 0.4) is 0 Å². The summed E-state index contributed by atoms with van der Waals surface area (Å²) in [7, 11) is 7.90. The van der Waals surface area contributed by atoms with Gasteiger partial charge in [-0.05, 0) is 38.8 Å². The predicted molar refractivity (Wildman–Crippen MR) is 121 cm³/mol. The van der Waals surface area contributed by atoms with Gasteiger partial charge in [-0.1, -0.05) is 26.7 Å². The molecule has 1 saturated heterocycles. The van der Waals surface area contributed by atoms with Gasteiger partial charge in [0.25, 0.3) is 0 Å². The Labute approximate surface area is 177 Å². The molecule has 0 aromatic heterocycles. The van der Waals surface area contributed by atoms with E-state index in [1.165, 1.54) is 12.8 Å². The van der Waals surface area contributed by atoms with Crippen molar-refractivity contribution < 1.29 is 4.79 Å². The Balaban J connectivity index is 0.00000625. The highest BCUT2D eigenvalue weighted by atomic mass is 127. The van der Waals surface area contributed by atoms with Crippen LogP contribution in [0.25, 0.3) is 0 Å². The van der Waals surface area contributed by atoms with Crippen molar-refractivity contribution >= 4 is 35.8 Å². The second kappa shape index (κ2) is 13.6. The Bertz CT molecular complexity index is 418. The summed E-state index contributed by atoms with van der Waals surface area (Å²) in [6, 6.07) is 0.512. The van der Waals surface area contributed by atoms with Gasteiger partial charge in [-0.2, -0.15) is 0 Å². The average Bonchev–Trinajstić information content (AvgIpc) is 2.62. The van der Waals surface area contributed by atoms with Gasteiger partial charge in [0.2, 0.25) is 5.91 Å². The Morgan fingerprint density at radius 2 is 1.81 bits per heavy atom. The molecule has 0 bridgehead atoms. The predicted octanol–water partition coefficient (Wildman–Crippen LogP) is 2.39. The molecule has 0 spiro atoms. The van der Waals surface area contributed by atoms with Crippen LogP contribution in [0.2, 0.25) is 0 Å². The minimum absolute atomic E-state index is 0. The number of rotatable bonds is 8. The molecule has 26 heavy (non-hydrogen) atoms. The van der Waals surface area contributed by atoms with Gasteiger partial charge in [-0.3, -0.25) is 9.79 Å². The van der Waals surface area contributed by atoms with E-state index >= 15 is 0 Å². The zero-order chi connectivity index (χ0) is 18.8. The van der Waals surface area contributed by atoms with Crippen LogP contribution in [-0.4, -0.2) is 75.5 Å². The summed E-state index contributed by atoms with van der Waals surface area (Å²) in [4.78, 5) is 20.7. The van der Waals surface area contributed by atoms with E-state index in [0.717, 1.165) is 38.4 Å². The van der Waals surface area contributed by atoms with Gasteiger partial charge in [0.1, 0.15) is 0 Å². The highest BCUT2D eigenvalue weighted by molar-refractivity contribution is 14.0. The molecule has 1 unspecified atom stereocenters. The molecule has 1 rings (SSSR count). The fourth-order valence-electron chi connectivity index (χ4n) is 3.84. The second-order valence-corrected chi connectivity index (χ2v) is 7.34. The number of amides is 1. The number of guanidine groups is 1. The summed E-state index contributed by atoms with van der Waals surface area (Å²) >= 11 is 0. The van der Waals surface area contributed by atoms with E-state index in [4.69, 9.17) is 0 Å². The topological polar surface area (TPSA) is 60.0 Å². The van der Waals surface area contributed by atoms with E-state index in [-0.39, 0.29) is 29.9 Å². The van der Waals surface area contributed by atoms with Crippen molar-refractivity contribution in [1.29, 1.82) is 0 Å². The number of likely N-dealkylation sites (tertiary alicyclic amines) is 1. The van der Waals surface area contributed by atoms with E-state index in [1.807, 2.05) is 7.05 Å². The third kappa shape index (κ3) is 7.98. The van der Waals surface area contributed by atoms with Gasteiger partial charge >= 0.3 is 0 Å². The molecule has 0 aliphatic carbocycles. The number of likely N-dealkylation sites (N-methyl/N-ethyl adjacent to an activating group) is 1. The summed E-state index contributed by atoms with van der Waals surface area (Å²) in [6.45, 7) is 7.41. The van der Waals surface area contributed by atoms with E-state index in [1.54, 1.807) is 7.05 Å². The minimum atomic E-state index is 0. The smallest absolute Gasteiger partial charge is 0.220 e. The standard InChI is InChI=1S/C19H39N5O.HI/c1-7-16(8-2)17(23(5)6)14-22-19(21-4)24-11-9-15(10-12-24)13-18(25)20-3;/h15-17H,7-14H2,1-6H3,(H,20,25)(H,21,22);1H. The number of nitrogens with one attached hydrogen (secondary N) is 2. The van der Waals surface area contributed by atoms with Crippen LogP contribution in [0.5, 0.6) is 0 Å². The molecular weight excluding hydrogens is 441 g/mol. The van der Waals surface area contributed by atoms with Crippen LogP contribution in [0.15, 0.2) is 4.99 Å². The fourth-order valence-corrected chi connectivity index (χ4v) is 3.84. The van der Waals surface area contributed by atoms with Crippen molar-refractivity contribution in [2.24, 2.45) is 16.8 Å². The zero-order valence-electron chi connectivity index (χ0n) is 17.5. The highest BCUT2D eigenvalue weighted by Crippen LogP contribution is 2.21. The quantitative estimate of drug-likeness (QED) is 0.318. The van der Waals surface area contributed by atoms with E-state index in [9.17, 15) is 4.79 Å². The lowest BCUT2D eigenvalue weighted by molar-refractivity contribution is -0.121. The number of piperidine rings is 1. The van der Waals surface area contributed by atoms with Crippen LogP contribution in [0, 0.1) is 11.8 Å². The molecule has 0 radical (unpaired) electrons. The lowest BCUT2D eigenvalue weighted by atomic mass is 9.93. The van der Waals surface area contributed by atoms with Gasteiger partial charge in [0, 0.05) is 46.2 Å². The van der Waals surface area contributed by atoms with Gasteiger partial charge in [0.15, 0.2) is 5.96 Å². The van der Waals surface area contributed by atoms with Crippen LogP contribution < -0.4 is 10.6 Å². The maximum Gasteiger partial charge on any atom is 0.220 e. The van der Waals surface area contributed by atoms with E-state index in [0.29, 0.717) is 24.3 Å². The molecule has 2 N–H and O–H groups in total. The number of carbonyl (C=O) groups is 1. The first-order chi connectivity index (χ1) is 12.0. The van der Waals surface area contributed by atoms with E-state index < -0.39 is 0 Å². The Morgan fingerprint density at radius 3 is 2.23 bits per heavy atom. The van der Waals surface area contributed by atoms with Crippen LogP contribution in [0.4, 0.5) is 0 Å². The highest BCUT2D eigenvalue weighted by Gasteiger charge is 2.25. The number of hydrogen-bond donors (Lipinski definition) is 2. The molecule has 0 aromatic carbocycles. The lowest BCUT2D eigenvalue weighted by Crippen LogP contribution is -2.51. The Kier molecular flexibility index (Phi) is 13.3. The summed E-state index contributed by atoms with van der Waals surface area (Å²) in [6.07, 6.45) is 5.15. The molecule has 6 nitrogen and oxygen atoms in total. The molecule has 1 aliphatic rings. The Morgan fingerprint density at radius 1 is 1.23 bits per heavy atom. The Hall–Kier alpha value is -0.570. The first-order valence-electron chi connectivity index (χ1n) is 9.79. The maximum atomic E-state index is 11.5. The van der Waals surface area contributed by atoms with Gasteiger partial charge in [-0.15, -0.1) is 24.0 Å². The summed E-state index contributed by atoms with van der Waals surface area (Å²) < 4.78 is 0. The van der Waals surface area contributed by atoms with Gasteiger partial charge in [-0.25, -0.2) is 0 Å². The first kappa shape index (κ1) is 25.4. The summed E-state index contributed by atoms with van der Waals surface area (Å²) in [5.74, 6) is 2.34. The van der Waals surface area contributed by atoms with Gasteiger partial charge in [0.05, 0.1) is 0 Å². The molecule has 1 fully saturated rings. The molecule has 1 amide bonds. The number of nitrogens with zero attached hydrogens (tertiary/aromatic N) is 3. The number of hydrogen-bond acceptors (Lipinski definition) is 3. The van der Waals surface area contributed by atoms with Crippen LogP contribution in [-0.2, 0) is 4.79 Å². The normalized spacial score (nSPS) is 17.2. The molecule has 0 saturated carbocycles. The largest absolute Gasteiger partial charge is 0.359 e. The summed E-state index contributed by atoms with van der Waals surface area (Å²) in [5, 5.41) is 6.32. The average molecular weight is 481 g/mol. The summed E-state index contributed by atoms with van der Waals surface area (Å²) in [5.41, 5.74) is 0. The fraction of sp³-hybridized carbons (Fsp3) is 0.895. The first-order valence-corrected chi connectivity index (χ1v) is 9.79. The number of carbonyl (C=O) groups excluding carboxylic acids is 1. The molecular formula is C19H40IN5O. The van der Waals surface area contributed by atoms with Gasteiger partial charge < -0.3 is 20.4 Å². The third-order valence-corrected chi connectivity index (χ3v) is 5.60. The van der Waals surface area contributed by atoms with Crippen molar-refractivity contribution in [3.63, 3.8) is 0 Å². The van der Waals surface area contributed by atoms with Crippen molar-refractivity contribution in [1.82, 2.24) is 20.4 Å². The number of halogens is 1. The van der Waals surface area contributed by atoms with Crippen molar-refractivity contribution in [2.45, 2.75) is 52.0 Å². The number of aliphatic imine (C=N–C) groups is 1. The molecule has 0 aromatic rings. The van der Waals surface area contributed by atoms with Crippen LogP contribution in [0.1, 0.15) is 46.0 Å². The SMILES string of the molecule is CCC(CC)C(CNC(=NC)N1CCC(CC(=O)NC)CC1)N(C)C.I. The second-order valence-electron chi connectivity index (χ2n) is 7.34. The monoisotopic (exact) mass is 481 g/mol. The van der Waals surface area contributed by atoms with E-state index in [2.05, 4.69) is 53.4 Å². The van der Waals surface area contributed by atoms with Crippen LogP contribution >= 0.6 is 24.0 Å². The van der Waals surface area contributed by atoms with Crippen molar-refractivity contribution in [3.8, 4) is 0 Å². The molecule has 1 heterocycles. The molecule has 7 heteroatoms. The molecule has 1 atom stereocenters. The van der Waals surface area contributed by atoms with Crippen molar-refractivity contribution in [3.05, 3.63) is 0 Å². The molecule has 154 valence electrons. The minimum Gasteiger partial charge on any atom is -0.359 e. The lowest BCUT2D eigenvalue weighted by Gasteiger charge is -2.36. The molecule has 1 aliphatic heterocycles. The maximum absolute atomic E-state index is 11.5. The third-order valence-electron chi connectivity index (χ3n) is 5.60.